The Labute approximate surface area is 138 Å². The molecule has 1 atom stereocenters. The second-order valence-corrected chi connectivity index (χ2v) is 6.17. The molecular weight excluding hydrogens is 336 g/mol. The molecule has 2 aromatic carbocycles. The Balaban J connectivity index is 2.11. The molecule has 106 valence electrons. The molecule has 1 nitrogen and oxygen atoms in total. The lowest BCUT2D eigenvalue weighted by molar-refractivity contribution is 0.652. The molecule has 0 bridgehead atoms. The van der Waals surface area contributed by atoms with Gasteiger partial charge in [-0.05, 0) is 48.2 Å². The van der Waals surface area contributed by atoms with Gasteiger partial charge in [0.05, 0.1) is 0 Å². The van der Waals surface area contributed by atoms with Gasteiger partial charge < -0.3 is 5.73 Å². The summed E-state index contributed by atoms with van der Waals surface area (Å²) in [5, 5.41) is 2.49. The molecule has 0 aliphatic rings. The van der Waals surface area contributed by atoms with Crippen LogP contribution in [0, 0.1) is 0 Å². The zero-order valence-electron chi connectivity index (χ0n) is 10.5. The van der Waals surface area contributed by atoms with Crippen LogP contribution in [0.25, 0.3) is 0 Å². The standard InChI is InChI=1S/C15H13Cl4N/c16-9-4-5-11(14(19)8-9)15(20)7-6-10-12(17)2-1-3-13(10)18/h1-5,8,15H,6-7,20H2/t15-/m1/s1. The van der Waals surface area contributed by atoms with Crippen molar-refractivity contribution in [3.63, 3.8) is 0 Å². The Hall–Kier alpha value is -0.440. The van der Waals surface area contributed by atoms with Gasteiger partial charge in [0.1, 0.15) is 0 Å². The lowest BCUT2D eigenvalue weighted by Crippen LogP contribution is -2.12. The van der Waals surface area contributed by atoms with Crippen LogP contribution in [0.2, 0.25) is 20.1 Å². The Morgan fingerprint density at radius 1 is 0.900 bits per heavy atom. The van der Waals surface area contributed by atoms with Gasteiger partial charge in [-0.15, -0.1) is 0 Å². The Morgan fingerprint density at radius 2 is 1.55 bits per heavy atom. The van der Waals surface area contributed by atoms with Crippen LogP contribution in [0.3, 0.4) is 0 Å². The Kier molecular flexibility index (Phi) is 5.59. The van der Waals surface area contributed by atoms with Crippen LogP contribution in [-0.2, 0) is 6.42 Å². The van der Waals surface area contributed by atoms with Crippen LogP contribution in [-0.4, -0.2) is 0 Å². The van der Waals surface area contributed by atoms with Gasteiger partial charge in [-0.1, -0.05) is 58.5 Å². The van der Waals surface area contributed by atoms with Crippen LogP contribution >= 0.6 is 46.4 Å². The fourth-order valence-electron chi connectivity index (χ4n) is 2.03. The predicted molar refractivity (Wildman–Crippen MR) is 88.2 cm³/mol. The first-order chi connectivity index (χ1) is 9.49. The fraction of sp³-hybridized carbons (Fsp3) is 0.200. The summed E-state index contributed by atoms with van der Waals surface area (Å²) in [5.74, 6) is 0. The van der Waals surface area contributed by atoms with E-state index in [1.54, 1.807) is 12.1 Å². The molecule has 2 N–H and O–H groups in total. The van der Waals surface area contributed by atoms with E-state index < -0.39 is 0 Å². The molecule has 0 aliphatic carbocycles. The summed E-state index contributed by atoms with van der Waals surface area (Å²) in [6.07, 6.45) is 1.39. The largest absolute Gasteiger partial charge is 0.324 e. The number of benzene rings is 2. The number of rotatable bonds is 4. The zero-order valence-corrected chi connectivity index (χ0v) is 13.6. The van der Waals surface area contributed by atoms with Gasteiger partial charge in [0.2, 0.25) is 0 Å². The van der Waals surface area contributed by atoms with E-state index in [9.17, 15) is 0 Å². The fourth-order valence-corrected chi connectivity index (χ4v) is 3.16. The van der Waals surface area contributed by atoms with Crippen molar-refractivity contribution in [2.24, 2.45) is 5.73 Å². The molecule has 0 spiro atoms. The van der Waals surface area contributed by atoms with E-state index in [0.717, 1.165) is 11.1 Å². The summed E-state index contributed by atoms with van der Waals surface area (Å²) in [5.41, 5.74) is 7.97. The van der Waals surface area contributed by atoms with Crippen molar-refractivity contribution < 1.29 is 0 Å². The highest BCUT2D eigenvalue weighted by molar-refractivity contribution is 6.36. The van der Waals surface area contributed by atoms with Crippen LogP contribution in [0.15, 0.2) is 36.4 Å². The molecule has 0 unspecified atom stereocenters. The predicted octanol–water partition coefficient (Wildman–Crippen LogP) is 5.93. The molecule has 0 saturated carbocycles. The number of nitrogens with two attached hydrogens (primary N) is 1. The smallest absolute Gasteiger partial charge is 0.0468 e. The molecule has 0 amide bonds. The SMILES string of the molecule is N[C@H](CCc1c(Cl)cccc1Cl)c1ccc(Cl)cc1Cl. The topological polar surface area (TPSA) is 26.0 Å². The Bertz CT molecular complexity index is 593. The van der Waals surface area contributed by atoms with Gasteiger partial charge in [-0.3, -0.25) is 0 Å². The average Bonchev–Trinajstić information content (AvgIpc) is 2.37. The number of halogens is 4. The minimum Gasteiger partial charge on any atom is -0.324 e. The maximum Gasteiger partial charge on any atom is 0.0468 e. The van der Waals surface area contributed by atoms with E-state index >= 15 is 0 Å². The molecule has 0 heterocycles. The molecule has 0 aliphatic heterocycles. The lowest BCUT2D eigenvalue weighted by Gasteiger charge is -2.15. The molecule has 0 fully saturated rings. The third kappa shape index (κ3) is 3.81. The van der Waals surface area contributed by atoms with Crippen molar-refractivity contribution in [2.75, 3.05) is 0 Å². The van der Waals surface area contributed by atoms with Crippen LogP contribution in [0.1, 0.15) is 23.6 Å². The van der Waals surface area contributed by atoms with E-state index in [4.69, 9.17) is 52.1 Å². The van der Waals surface area contributed by atoms with Crippen molar-refractivity contribution in [1.29, 1.82) is 0 Å². The molecular formula is C15H13Cl4N. The Morgan fingerprint density at radius 3 is 2.15 bits per heavy atom. The molecule has 0 saturated heterocycles. The quantitative estimate of drug-likeness (QED) is 0.727. The highest BCUT2D eigenvalue weighted by Crippen LogP contribution is 2.30. The molecule has 2 aromatic rings. The summed E-state index contributed by atoms with van der Waals surface area (Å²) >= 11 is 24.3. The van der Waals surface area contributed by atoms with Gasteiger partial charge in [-0.25, -0.2) is 0 Å². The minimum absolute atomic E-state index is 0.188. The third-order valence-corrected chi connectivity index (χ3v) is 4.40. The maximum atomic E-state index is 6.18. The molecule has 5 heteroatoms. The van der Waals surface area contributed by atoms with Crippen molar-refractivity contribution in [3.8, 4) is 0 Å². The van der Waals surface area contributed by atoms with Crippen molar-refractivity contribution in [3.05, 3.63) is 67.6 Å². The number of hydrogen-bond donors (Lipinski definition) is 1. The summed E-state index contributed by atoms with van der Waals surface area (Å²) in [6, 6.07) is 10.6. The highest BCUT2D eigenvalue weighted by Gasteiger charge is 2.13. The van der Waals surface area contributed by atoms with Crippen molar-refractivity contribution in [2.45, 2.75) is 18.9 Å². The van der Waals surface area contributed by atoms with E-state index in [2.05, 4.69) is 0 Å². The summed E-state index contributed by atoms with van der Waals surface area (Å²) in [4.78, 5) is 0. The monoisotopic (exact) mass is 347 g/mol. The molecule has 2 rings (SSSR count). The van der Waals surface area contributed by atoms with Crippen LogP contribution in [0.5, 0.6) is 0 Å². The highest BCUT2D eigenvalue weighted by atomic mass is 35.5. The first-order valence-corrected chi connectivity index (χ1v) is 7.63. The lowest BCUT2D eigenvalue weighted by atomic mass is 9.99. The molecule has 0 aromatic heterocycles. The van der Waals surface area contributed by atoms with Crippen molar-refractivity contribution >= 4 is 46.4 Å². The van der Waals surface area contributed by atoms with E-state index in [0.29, 0.717) is 32.9 Å². The van der Waals surface area contributed by atoms with E-state index in [1.807, 2.05) is 24.3 Å². The van der Waals surface area contributed by atoms with E-state index in [-0.39, 0.29) is 6.04 Å². The van der Waals surface area contributed by atoms with Gasteiger partial charge in [0.15, 0.2) is 0 Å². The van der Waals surface area contributed by atoms with Gasteiger partial charge in [-0.2, -0.15) is 0 Å². The third-order valence-electron chi connectivity index (χ3n) is 3.13. The minimum atomic E-state index is -0.188. The molecule has 20 heavy (non-hydrogen) atoms. The molecule has 0 radical (unpaired) electrons. The van der Waals surface area contributed by atoms with Gasteiger partial charge in [0.25, 0.3) is 0 Å². The first kappa shape index (κ1) is 15.9. The van der Waals surface area contributed by atoms with Crippen LogP contribution in [0.4, 0.5) is 0 Å². The average molecular weight is 349 g/mol. The van der Waals surface area contributed by atoms with Gasteiger partial charge in [0, 0.05) is 26.1 Å². The maximum absolute atomic E-state index is 6.18. The summed E-state index contributed by atoms with van der Waals surface area (Å²) in [7, 11) is 0. The summed E-state index contributed by atoms with van der Waals surface area (Å²) in [6.45, 7) is 0. The second kappa shape index (κ2) is 7.02. The normalized spacial score (nSPS) is 12.4. The zero-order chi connectivity index (χ0) is 14.7. The van der Waals surface area contributed by atoms with Gasteiger partial charge >= 0.3 is 0 Å². The number of hydrogen-bond acceptors (Lipinski definition) is 1. The second-order valence-electron chi connectivity index (χ2n) is 4.51. The van der Waals surface area contributed by atoms with Crippen molar-refractivity contribution in [1.82, 2.24) is 0 Å². The van der Waals surface area contributed by atoms with Crippen LogP contribution < -0.4 is 5.73 Å². The summed E-state index contributed by atoms with van der Waals surface area (Å²) < 4.78 is 0. The first-order valence-electron chi connectivity index (χ1n) is 6.12. The van der Waals surface area contributed by atoms with E-state index in [1.165, 1.54) is 0 Å².